The van der Waals surface area contributed by atoms with Crippen molar-refractivity contribution in [2.24, 2.45) is 0 Å². The number of nitrogens with zero attached hydrogens (tertiary/aromatic N) is 1. The maximum absolute atomic E-state index is 12.1. The van der Waals surface area contributed by atoms with Crippen LogP contribution in [0.25, 0.3) is 0 Å². The highest BCUT2D eigenvalue weighted by molar-refractivity contribution is 7.86. The van der Waals surface area contributed by atoms with Crippen LogP contribution in [-0.2, 0) is 23.9 Å². The van der Waals surface area contributed by atoms with Gasteiger partial charge in [-0.25, -0.2) is 0 Å². The molecular formula is C14H17NO5S. The summed E-state index contributed by atoms with van der Waals surface area (Å²) in [6, 6.07) is 7.18. The predicted molar refractivity (Wildman–Crippen MR) is 75.0 cm³/mol. The lowest BCUT2D eigenvalue weighted by Crippen LogP contribution is -2.38. The second-order valence-corrected chi connectivity index (χ2v) is 6.59. The Kier molecular flexibility index (Phi) is 4.43. The van der Waals surface area contributed by atoms with Gasteiger partial charge in [0.2, 0.25) is 5.91 Å². The highest BCUT2D eigenvalue weighted by Gasteiger charge is 2.39. The monoisotopic (exact) mass is 311 g/mol. The first-order chi connectivity index (χ1) is 9.81. The van der Waals surface area contributed by atoms with E-state index in [0.717, 1.165) is 0 Å². The molecular weight excluding hydrogens is 294 g/mol. The van der Waals surface area contributed by atoms with Gasteiger partial charge in [-0.2, -0.15) is 8.42 Å². The quantitative estimate of drug-likeness (QED) is 0.774. The maximum atomic E-state index is 12.1. The number of ketones is 1. The van der Waals surface area contributed by atoms with Gasteiger partial charge in [0.25, 0.3) is 10.1 Å². The summed E-state index contributed by atoms with van der Waals surface area (Å²) in [5.74, 6) is -0.438. The van der Waals surface area contributed by atoms with E-state index < -0.39 is 22.3 Å². The highest BCUT2D eigenvalue weighted by atomic mass is 32.2. The smallest absolute Gasteiger partial charge is 0.297 e. The Morgan fingerprint density at radius 1 is 1.19 bits per heavy atom. The molecule has 21 heavy (non-hydrogen) atoms. The van der Waals surface area contributed by atoms with Gasteiger partial charge in [0.1, 0.15) is 0 Å². The fraction of sp³-hybridized carbons (Fsp3) is 0.429. The third kappa shape index (κ3) is 3.48. The van der Waals surface area contributed by atoms with E-state index in [9.17, 15) is 18.0 Å². The van der Waals surface area contributed by atoms with Gasteiger partial charge in [-0.1, -0.05) is 18.2 Å². The minimum Gasteiger partial charge on any atom is -0.330 e. The molecule has 0 saturated carbocycles. The fourth-order valence-electron chi connectivity index (χ4n) is 2.42. The largest absolute Gasteiger partial charge is 0.330 e. The summed E-state index contributed by atoms with van der Waals surface area (Å²) in [7, 11) is -3.89. The van der Waals surface area contributed by atoms with E-state index >= 15 is 0 Å². The van der Waals surface area contributed by atoms with Crippen molar-refractivity contribution in [1.29, 1.82) is 0 Å². The van der Waals surface area contributed by atoms with Crippen LogP contribution in [0.4, 0.5) is 0 Å². The lowest BCUT2D eigenvalue weighted by atomic mass is 10.1. The molecule has 1 aromatic rings. The summed E-state index contributed by atoms with van der Waals surface area (Å²) < 4.78 is 29.4. The minimum absolute atomic E-state index is 0.0608. The van der Waals surface area contributed by atoms with Crippen molar-refractivity contribution < 1.29 is 22.2 Å². The van der Waals surface area contributed by atoms with Crippen molar-refractivity contribution >= 4 is 21.8 Å². The minimum atomic E-state index is -3.89. The number of benzene rings is 1. The van der Waals surface area contributed by atoms with Gasteiger partial charge in [0, 0.05) is 19.9 Å². The van der Waals surface area contributed by atoms with E-state index in [2.05, 4.69) is 0 Å². The number of hydrogen-bond donors (Lipinski definition) is 0. The van der Waals surface area contributed by atoms with Gasteiger partial charge >= 0.3 is 0 Å². The molecule has 0 unspecified atom stereocenters. The Morgan fingerprint density at radius 2 is 1.81 bits per heavy atom. The molecule has 0 radical (unpaired) electrons. The second-order valence-electron chi connectivity index (χ2n) is 5.02. The molecule has 6 nitrogen and oxygen atoms in total. The van der Waals surface area contributed by atoms with E-state index in [4.69, 9.17) is 4.18 Å². The van der Waals surface area contributed by atoms with Crippen molar-refractivity contribution in [1.82, 2.24) is 4.90 Å². The molecule has 0 aromatic heterocycles. The Balaban J connectivity index is 2.14. The molecule has 2 rings (SSSR count). The van der Waals surface area contributed by atoms with Crippen molar-refractivity contribution in [3.63, 3.8) is 0 Å². The second kappa shape index (κ2) is 5.95. The van der Waals surface area contributed by atoms with Crippen LogP contribution < -0.4 is 0 Å². The van der Waals surface area contributed by atoms with E-state index in [-0.39, 0.29) is 29.6 Å². The summed E-state index contributed by atoms with van der Waals surface area (Å²) >= 11 is 0. The summed E-state index contributed by atoms with van der Waals surface area (Å²) in [6.07, 6.45) is -0.506. The molecule has 1 amide bonds. The lowest BCUT2D eigenvalue weighted by molar-refractivity contribution is -0.135. The molecule has 1 aliphatic heterocycles. The van der Waals surface area contributed by atoms with Crippen LogP contribution in [-0.4, -0.2) is 43.7 Å². The number of hydrogen-bond acceptors (Lipinski definition) is 5. The van der Waals surface area contributed by atoms with Gasteiger partial charge in [-0.15, -0.1) is 0 Å². The first kappa shape index (κ1) is 15.7. The molecule has 1 heterocycles. The Labute approximate surface area is 123 Å². The maximum Gasteiger partial charge on any atom is 0.297 e. The summed E-state index contributed by atoms with van der Waals surface area (Å²) in [5, 5.41) is 0. The van der Waals surface area contributed by atoms with E-state index in [1.807, 2.05) is 0 Å². The first-order valence-electron chi connectivity index (χ1n) is 6.57. The normalized spacial score (nSPS) is 22.3. The molecule has 7 heteroatoms. The van der Waals surface area contributed by atoms with Gasteiger partial charge < -0.3 is 4.90 Å². The van der Waals surface area contributed by atoms with Gasteiger partial charge in [0.05, 0.1) is 17.0 Å². The third-order valence-corrected chi connectivity index (χ3v) is 4.81. The van der Waals surface area contributed by atoms with E-state index in [1.54, 1.807) is 18.2 Å². The Hall–Kier alpha value is -1.73. The standard InChI is InChI=1S/C14H17NO5S/c1-10(16)14-8-12(9-15(14)11(2)17)20-21(18,19)13-6-4-3-5-7-13/h3-7,12,14H,8-9H2,1-2H3/t12-,14+/m1/s1. The molecule has 0 aliphatic carbocycles. The highest BCUT2D eigenvalue weighted by Crippen LogP contribution is 2.25. The van der Waals surface area contributed by atoms with Crippen molar-refractivity contribution in [3.05, 3.63) is 30.3 Å². The molecule has 1 saturated heterocycles. The van der Waals surface area contributed by atoms with Crippen LogP contribution >= 0.6 is 0 Å². The summed E-state index contributed by atoms with van der Waals surface area (Å²) in [5.41, 5.74) is 0. The van der Waals surface area contributed by atoms with Gasteiger partial charge in [0.15, 0.2) is 5.78 Å². The number of rotatable bonds is 4. The number of carbonyl (C=O) groups is 2. The average Bonchev–Trinajstić information content (AvgIpc) is 2.83. The number of likely N-dealkylation sites (tertiary alicyclic amines) is 1. The van der Waals surface area contributed by atoms with Gasteiger partial charge in [-0.3, -0.25) is 13.8 Å². The molecule has 0 N–H and O–H groups in total. The lowest BCUT2D eigenvalue weighted by Gasteiger charge is -2.19. The van der Waals surface area contributed by atoms with Crippen LogP contribution in [0.1, 0.15) is 20.3 Å². The SMILES string of the molecule is CC(=O)[C@@H]1C[C@@H](OS(=O)(=O)c2ccccc2)CN1C(C)=O. The summed E-state index contributed by atoms with van der Waals surface area (Å²) in [4.78, 5) is 24.5. The van der Waals surface area contributed by atoms with Crippen LogP contribution in [0.3, 0.4) is 0 Å². The number of amides is 1. The molecule has 1 fully saturated rings. The molecule has 1 aromatic carbocycles. The zero-order valence-electron chi connectivity index (χ0n) is 11.9. The molecule has 0 bridgehead atoms. The van der Waals surface area contributed by atoms with E-state index in [1.165, 1.54) is 30.9 Å². The predicted octanol–water partition coefficient (Wildman–Crippen LogP) is 0.970. The third-order valence-electron chi connectivity index (χ3n) is 3.43. The van der Waals surface area contributed by atoms with Gasteiger partial charge in [-0.05, 0) is 19.1 Å². The Morgan fingerprint density at radius 3 is 2.29 bits per heavy atom. The zero-order valence-corrected chi connectivity index (χ0v) is 12.7. The van der Waals surface area contributed by atoms with Crippen LogP contribution in [0.2, 0.25) is 0 Å². The topological polar surface area (TPSA) is 80.8 Å². The van der Waals surface area contributed by atoms with Crippen LogP contribution in [0, 0.1) is 0 Å². The molecule has 1 aliphatic rings. The molecule has 2 atom stereocenters. The number of carbonyl (C=O) groups excluding carboxylic acids is 2. The van der Waals surface area contributed by atoms with Crippen molar-refractivity contribution in [3.8, 4) is 0 Å². The average molecular weight is 311 g/mol. The van der Waals surface area contributed by atoms with E-state index in [0.29, 0.717) is 0 Å². The number of Topliss-reactive ketones (excluding diaryl/α,β-unsaturated/α-hetero) is 1. The Bertz CT molecular complexity index is 619. The summed E-state index contributed by atoms with van der Waals surface area (Å²) in [6.45, 7) is 2.84. The van der Waals surface area contributed by atoms with Crippen molar-refractivity contribution in [2.45, 2.75) is 37.3 Å². The molecule has 0 spiro atoms. The fourth-order valence-corrected chi connectivity index (χ4v) is 3.52. The van der Waals surface area contributed by atoms with Crippen molar-refractivity contribution in [2.75, 3.05) is 6.54 Å². The first-order valence-corrected chi connectivity index (χ1v) is 7.98. The molecule has 114 valence electrons. The zero-order chi connectivity index (χ0) is 15.6. The van der Waals surface area contributed by atoms with Crippen LogP contribution in [0.15, 0.2) is 35.2 Å². The van der Waals surface area contributed by atoms with Crippen LogP contribution in [0.5, 0.6) is 0 Å².